The summed E-state index contributed by atoms with van der Waals surface area (Å²) in [6, 6.07) is 5.66. The maximum Gasteiger partial charge on any atom is 0.310 e. The second-order valence-electron chi connectivity index (χ2n) is 10.1. The molecule has 0 aliphatic carbocycles. The van der Waals surface area contributed by atoms with Crippen LogP contribution in [-0.4, -0.2) is 43.7 Å². The average molecular weight is 572 g/mol. The van der Waals surface area contributed by atoms with Crippen LogP contribution < -0.4 is 5.32 Å². The standard InChI is InChI=1S/C26H27ClF5N5O2/c1-13-9-18(36-35-13)34-23-22(30)19(25(3,31)32)21(29)17(33-23)11-26(24(38)39)7-8-37(14(2)10-26)12-15-5-4-6-16(27)20(15)28/h4-6,9,14H,7-8,10-12H2,1-3H3,(H,38,39)(H2,33,34,35,36)/t14-,26-/m1/s1. The van der Waals surface area contributed by atoms with Crippen LogP contribution in [0.3, 0.4) is 0 Å². The van der Waals surface area contributed by atoms with E-state index in [1.165, 1.54) is 12.1 Å². The third kappa shape index (κ3) is 5.86. The number of benzene rings is 1. The predicted molar refractivity (Wildman–Crippen MR) is 135 cm³/mol. The van der Waals surface area contributed by atoms with Crippen molar-refractivity contribution in [1.29, 1.82) is 0 Å². The summed E-state index contributed by atoms with van der Waals surface area (Å²) in [4.78, 5) is 18.3. The molecule has 1 aliphatic rings. The topological polar surface area (TPSA) is 94.1 Å². The molecule has 2 aromatic heterocycles. The first-order valence-corrected chi connectivity index (χ1v) is 12.5. The maximum absolute atomic E-state index is 15.4. The van der Waals surface area contributed by atoms with E-state index < -0.39 is 64.3 Å². The molecule has 13 heteroatoms. The van der Waals surface area contributed by atoms with Crippen LogP contribution in [0.2, 0.25) is 5.02 Å². The highest BCUT2D eigenvalue weighted by Gasteiger charge is 2.46. The second-order valence-corrected chi connectivity index (χ2v) is 10.5. The first-order chi connectivity index (χ1) is 18.2. The number of aliphatic carboxylic acids is 1. The first kappa shape index (κ1) is 28.8. The van der Waals surface area contributed by atoms with E-state index in [-0.39, 0.29) is 36.8 Å². The minimum Gasteiger partial charge on any atom is -0.481 e. The van der Waals surface area contributed by atoms with Crippen molar-refractivity contribution in [2.24, 2.45) is 5.41 Å². The molecule has 0 radical (unpaired) electrons. The number of halogens is 6. The lowest BCUT2D eigenvalue weighted by Crippen LogP contribution is -2.50. The number of hydrogen-bond acceptors (Lipinski definition) is 5. The summed E-state index contributed by atoms with van der Waals surface area (Å²) in [5.41, 5.74) is -2.78. The molecule has 0 bridgehead atoms. The Morgan fingerprint density at radius 3 is 2.59 bits per heavy atom. The van der Waals surface area contributed by atoms with Crippen molar-refractivity contribution in [3.05, 3.63) is 69.3 Å². The number of aromatic amines is 1. The Kier molecular flexibility index (Phi) is 7.91. The number of nitrogens with one attached hydrogen (secondary N) is 2. The average Bonchev–Trinajstić information content (AvgIpc) is 3.25. The zero-order valence-corrected chi connectivity index (χ0v) is 22.1. The molecule has 0 amide bonds. The van der Waals surface area contributed by atoms with Gasteiger partial charge in [0, 0.05) is 43.3 Å². The van der Waals surface area contributed by atoms with Crippen LogP contribution in [0.5, 0.6) is 0 Å². The fourth-order valence-electron chi connectivity index (χ4n) is 5.03. The Bertz CT molecular complexity index is 1400. The molecule has 0 unspecified atom stereocenters. The summed E-state index contributed by atoms with van der Waals surface area (Å²) in [7, 11) is 0. The lowest BCUT2D eigenvalue weighted by Gasteiger charge is -2.43. The molecule has 0 spiro atoms. The van der Waals surface area contributed by atoms with Crippen molar-refractivity contribution in [2.45, 2.75) is 58.5 Å². The zero-order chi connectivity index (χ0) is 28.7. The number of nitrogens with zero attached hydrogens (tertiary/aromatic N) is 3. The van der Waals surface area contributed by atoms with Gasteiger partial charge in [-0.3, -0.25) is 14.8 Å². The summed E-state index contributed by atoms with van der Waals surface area (Å²) in [5.74, 6) is -9.59. The molecule has 39 heavy (non-hydrogen) atoms. The van der Waals surface area contributed by atoms with E-state index in [2.05, 4.69) is 20.5 Å². The van der Waals surface area contributed by atoms with E-state index >= 15 is 8.78 Å². The number of carboxylic acids is 1. The largest absolute Gasteiger partial charge is 0.481 e. The van der Waals surface area contributed by atoms with Gasteiger partial charge in [0.25, 0.3) is 5.92 Å². The van der Waals surface area contributed by atoms with Crippen LogP contribution in [0.15, 0.2) is 24.3 Å². The summed E-state index contributed by atoms with van der Waals surface area (Å²) < 4.78 is 73.7. The number of rotatable bonds is 8. The number of carboxylic acid groups (broad SMARTS) is 1. The maximum atomic E-state index is 15.4. The van der Waals surface area contributed by atoms with E-state index in [0.29, 0.717) is 18.2 Å². The number of hydrogen-bond donors (Lipinski definition) is 3. The van der Waals surface area contributed by atoms with E-state index in [9.17, 15) is 23.1 Å². The normalized spacial score (nSPS) is 20.3. The smallest absolute Gasteiger partial charge is 0.310 e. The summed E-state index contributed by atoms with van der Waals surface area (Å²) >= 11 is 5.88. The molecule has 7 nitrogen and oxygen atoms in total. The van der Waals surface area contributed by atoms with Gasteiger partial charge >= 0.3 is 5.97 Å². The Morgan fingerprint density at radius 2 is 2.00 bits per heavy atom. The van der Waals surface area contributed by atoms with Crippen molar-refractivity contribution in [1.82, 2.24) is 20.1 Å². The number of aromatic nitrogens is 3. The number of likely N-dealkylation sites (tertiary alicyclic amines) is 1. The van der Waals surface area contributed by atoms with Crippen molar-refractivity contribution < 1.29 is 31.9 Å². The van der Waals surface area contributed by atoms with Crippen LogP contribution >= 0.6 is 11.6 Å². The van der Waals surface area contributed by atoms with Gasteiger partial charge in [0.05, 0.1) is 21.7 Å². The van der Waals surface area contributed by atoms with Crippen molar-refractivity contribution >= 4 is 29.2 Å². The minimum absolute atomic E-state index is 0.00741. The molecule has 4 rings (SSSR count). The first-order valence-electron chi connectivity index (χ1n) is 12.2. The fourth-order valence-corrected chi connectivity index (χ4v) is 5.22. The Hall–Kier alpha value is -3.25. The molecule has 1 aromatic carbocycles. The van der Waals surface area contributed by atoms with E-state index in [0.717, 1.165) is 0 Å². The molecule has 1 fully saturated rings. The molecule has 2 atom stereocenters. The Balaban J connectivity index is 1.67. The molecule has 1 aliphatic heterocycles. The summed E-state index contributed by atoms with van der Waals surface area (Å²) in [6.07, 6.45) is -0.579. The second kappa shape index (κ2) is 10.7. The molecule has 210 valence electrons. The summed E-state index contributed by atoms with van der Waals surface area (Å²) in [6.45, 7) is 4.11. The predicted octanol–water partition coefficient (Wildman–Crippen LogP) is 6.34. The van der Waals surface area contributed by atoms with Crippen LogP contribution in [0.4, 0.5) is 33.6 Å². The third-order valence-corrected chi connectivity index (χ3v) is 7.38. The number of carbonyl (C=O) groups is 1. The number of aryl methyl sites for hydroxylation is 1. The van der Waals surface area contributed by atoms with Gasteiger partial charge < -0.3 is 10.4 Å². The van der Waals surface area contributed by atoms with Gasteiger partial charge in [0.2, 0.25) is 0 Å². The Morgan fingerprint density at radius 1 is 1.28 bits per heavy atom. The number of piperidine rings is 1. The highest BCUT2D eigenvalue weighted by Crippen LogP contribution is 2.42. The summed E-state index contributed by atoms with van der Waals surface area (Å²) in [5, 5.41) is 19.1. The third-order valence-electron chi connectivity index (χ3n) is 7.09. The molecular formula is C26H27ClF5N5O2. The van der Waals surface area contributed by atoms with Crippen LogP contribution in [-0.2, 0) is 23.7 Å². The monoisotopic (exact) mass is 571 g/mol. The van der Waals surface area contributed by atoms with Crippen molar-refractivity contribution in [3.8, 4) is 0 Å². The molecule has 3 heterocycles. The van der Waals surface area contributed by atoms with Crippen LogP contribution in [0.25, 0.3) is 0 Å². The van der Waals surface area contributed by atoms with E-state index in [4.69, 9.17) is 11.6 Å². The molecule has 0 saturated carbocycles. The quantitative estimate of drug-likeness (QED) is 0.273. The van der Waals surface area contributed by atoms with E-state index in [1.54, 1.807) is 26.0 Å². The van der Waals surface area contributed by atoms with E-state index in [1.807, 2.05) is 4.90 Å². The van der Waals surface area contributed by atoms with Gasteiger partial charge in [-0.05, 0) is 39.3 Å². The number of anilines is 2. The Labute approximate surface area is 226 Å². The van der Waals surface area contributed by atoms with Crippen molar-refractivity contribution in [3.63, 3.8) is 0 Å². The highest BCUT2D eigenvalue weighted by atomic mass is 35.5. The number of H-pyrrole nitrogens is 1. The van der Waals surface area contributed by atoms with Gasteiger partial charge in [-0.1, -0.05) is 23.7 Å². The van der Waals surface area contributed by atoms with Gasteiger partial charge in [-0.15, -0.1) is 0 Å². The van der Waals surface area contributed by atoms with Crippen LogP contribution in [0, 0.1) is 29.8 Å². The fraction of sp³-hybridized carbons (Fsp3) is 0.423. The van der Waals surface area contributed by atoms with Crippen molar-refractivity contribution in [2.75, 3.05) is 11.9 Å². The van der Waals surface area contributed by atoms with Gasteiger partial charge in [0.15, 0.2) is 23.3 Å². The number of alkyl halides is 2. The number of pyridine rings is 1. The molecule has 1 saturated heterocycles. The van der Waals surface area contributed by atoms with Gasteiger partial charge in [0.1, 0.15) is 5.82 Å². The molecule has 3 N–H and O–H groups in total. The molecule has 3 aromatic rings. The zero-order valence-electron chi connectivity index (χ0n) is 21.4. The van der Waals surface area contributed by atoms with Gasteiger partial charge in [-0.2, -0.15) is 5.10 Å². The lowest BCUT2D eigenvalue weighted by molar-refractivity contribution is -0.153. The lowest BCUT2D eigenvalue weighted by atomic mass is 9.72. The SMILES string of the molecule is Cc1cc(Nc2nc(C[C@@]3(C(=O)O)CCN(Cc4cccc(Cl)c4F)[C@H](C)C3)c(F)c(C(C)(F)F)c2F)n[nH]1. The molecular weight excluding hydrogens is 545 g/mol. The van der Waals surface area contributed by atoms with Gasteiger partial charge in [-0.25, -0.2) is 26.9 Å². The highest BCUT2D eigenvalue weighted by molar-refractivity contribution is 6.30. The minimum atomic E-state index is -3.92. The van der Waals surface area contributed by atoms with Crippen LogP contribution in [0.1, 0.15) is 49.2 Å².